The Hall–Kier alpha value is -1.11. The first-order valence-corrected chi connectivity index (χ1v) is 5.06. The van der Waals surface area contributed by atoms with Crippen molar-refractivity contribution < 1.29 is 27.1 Å². The Kier molecular flexibility index (Phi) is 3.90. The largest absolute Gasteiger partial charge is 0.465 e. The van der Waals surface area contributed by atoms with Crippen LogP contribution in [0.15, 0.2) is 0 Å². The maximum Gasteiger partial charge on any atom is 0.344 e. The molecule has 0 spiro atoms. The molecule has 2 nitrogen and oxygen atoms in total. The van der Waals surface area contributed by atoms with Gasteiger partial charge in [0.25, 0.3) is 0 Å². The number of esters is 1. The van der Waals surface area contributed by atoms with Crippen LogP contribution in [0.4, 0.5) is 17.6 Å². The van der Waals surface area contributed by atoms with Gasteiger partial charge in [-0.3, -0.25) is 0 Å². The van der Waals surface area contributed by atoms with E-state index in [0.29, 0.717) is 0 Å². The van der Waals surface area contributed by atoms with Gasteiger partial charge in [-0.05, 0) is 0 Å². The zero-order valence-corrected chi connectivity index (χ0v) is 9.50. The third kappa shape index (κ3) is 1.91. The van der Waals surface area contributed by atoms with Crippen LogP contribution in [0.25, 0.3) is 0 Å². The lowest BCUT2D eigenvalue weighted by Gasteiger charge is -2.08. The summed E-state index contributed by atoms with van der Waals surface area (Å²) in [5, 5.41) is -0.417. The van der Waals surface area contributed by atoms with Gasteiger partial charge in [-0.2, -0.15) is 0 Å². The Morgan fingerprint density at radius 2 is 1.56 bits per heavy atom. The van der Waals surface area contributed by atoms with Crippen molar-refractivity contribution in [2.24, 2.45) is 0 Å². The van der Waals surface area contributed by atoms with Crippen molar-refractivity contribution in [3.63, 3.8) is 0 Å². The molecule has 1 aromatic carbocycles. The van der Waals surface area contributed by atoms with E-state index in [1.54, 1.807) is 0 Å². The minimum absolute atomic E-state index is 0.417. The molecule has 0 radical (unpaired) electrons. The fraction of sp³-hybridized carbons (Fsp3) is 0.222. The first kappa shape index (κ1) is 13.0. The molecule has 0 atom stereocenters. The average molecular weight is 301 g/mol. The first-order chi connectivity index (χ1) is 7.45. The molecule has 0 N–H and O–H groups in total. The monoisotopic (exact) mass is 300 g/mol. The van der Waals surface area contributed by atoms with Crippen molar-refractivity contribution in [3.8, 4) is 0 Å². The van der Waals surface area contributed by atoms with E-state index in [2.05, 4.69) is 20.7 Å². The Labute approximate surface area is 96.3 Å². The van der Waals surface area contributed by atoms with E-state index in [1.165, 1.54) is 0 Å². The van der Waals surface area contributed by atoms with E-state index < -0.39 is 45.7 Å². The number of alkyl halides is 1. The van der Waals surface area contributed by atoms with Crippen LogP contribution < -0.4 is 0 Å². The maximum absolute atomic E-state index is 13.2. The molecule has 88 valence electrons. The van der Waals surface area contributed by atoms with Gasteiger partial charge >= 0.3 is 5.97 Å². The van der Waals surface area contributed by atoms with E-state index in [9.17, 15) is 22.4 Å². The molecule has 0 fully saturated rings. The smallest absolute Gasteiger partial charge is 0.344 e. The fourth-order valence-electron chi connectivity index (χ4n) is 1.08. The lowest BCUT2D eigenvalue weighted by molar-refractivity contribution is 0.0586. The molecule has 0 aliphatic carbocycles. The summed E-state index contributed by atoms with van der Waals surface area (Å²) in [4.78, 5) is 10.9. The van der Waals surface area contributed by atoms with Gasteiger partial charge in [0.2, 0.25) is 0 Å². The molecule has 16 heavy (non-hydrogen) atoms. The van der Waals surface area contributed by atoms with Crippen LogP contribution in [0.2, 0.25) is 0 Å². The minimum atomic E-state index is -1.76. The number of carbonyl (C=O) groups is 1. The zero-order valence-electron chi connectivity index (χ0n) is 7.91. The molecule has 1 aromatic rings. The molecule has 0 saturated heterocycles. The number of hydrogen-bond donors (Lipinski definition) is 0. The van der Waals surface area contributed by atoms with Crippen LogP contribution in [-0.4, -0.2) is 13.1 Å². The number of halogens is 5. The molecule has 0 saturated carbocycles. The van der Waals surface area contributed by atoms with Crippen molar-refractivity contribution in [2.45, 2.75) is 5.33 Å². The summed E-state index contributed by atoms with van der Waals surface area (Å²) >= 11 is 2.68. The van der Waals surface area contributed by atoms with Gasteiger partial charge < -0.3 is 4.74 Å². The Bertz CT molecular complexity index is 419. The third-order valence-electron chi connectivity index (χ3n) is 1.88. The van der Waals surface area contributed by atoms with E-state index in [4.69, 9.17) is 0 Å². The van der Waals surface area contributed by atoms with Crippen LogP contribution in [-0.2, 0) is 10.1 Å². The Morgan fingerprint density at radius 3 is 1.88 bits per heavy atom. The highest BCUT2D eigenvalue weighted by Crippen LogP contribution is 2.26. The molecule has 0 aliphatic heterocycles. The number of ether oxygens (including phenoxy) is 1. The molecule has 0 aromatic heterocycles. The van der Waals surface area contributed by atoms with Crippen LogP contribution in [0.3, 0.4) is 0 Å². The molecule has 0 aliphatic rings. The Balaban J connectivity index is 3.60. The highest BCUT2D eigenvalue weighted by Gasteiger charge is 2.29. The number of carbonyl (C=O) groups excluding carboxylic acids is 1. The normalized spacial score (nSPS) is 10.4. The van der Waals surface area contributed by atoms with Gasteiger partial charge in [-0.25, -0.2) is 22.4 Å². The summed E-state index contributed by atoms with van der Waals surface area (Å²) in [5.41, 5.74) is -2.19. The average Bonchev–Trinajstić information content (AvgIpc) is 2.27. The first-order valence-electron chi connectivity index (χ1n) is 3.94. The topological polar surface area (TPSA) is 26.3 Å². The second kappa shape index (κ2) is 4.82. The highest BCUT2D eigenvalue weighted by atomic mass is 79.9. The fourth-order valence-corrected chi connectivity index (χ4v) is 1.57. The zero-order chi connectivity index (χ0) is 12.5. The van der Waals surface area contributed by atoms with Crippen molar-refractivity contribution in [2.75, 3.05) is 7.11 Å². The van der Waals surface area contributed by atoms with E-state index in [-0.39, 0.29) is 0 Å². The lowest BCUT2D eigenvalue weighted by atomic mass is 10.1. The number of benzene rings is 1. The van der Waals surface area contributed by atoms with Gasteiger partial charge in [-0.15, -0.1) is 0 Å². The molecular weight excluding hydrogens is 296 g/mol. The molecule has 7 heteroatoms. The van der Waals surface area contributed by atoms with Crippen molar-refractivity contribution in [3.05, 3.63) is 34.4 Å². The molecule has 0 heterocycles. The molecule has 0 bridgehead atoms. The minimum Gasteiger partial charge on any atom is -0.465 e. The van der Waals surface area contributed by atoms with Crippen LogP contribution in [0.1, 0.15) is 15.9 Å². The standard InChI is InChI=1S/C9H5BrF4O2/c1-16-9(15)4-7(13)5(11)3(2-10)6(12)8(4)14/h2H2,1H3. The SMILES string of the molecule is COC(=O)c1c(F)c(F)c(CBr)c(F)c1F. The maximum atomic E-state index is 13.2. The predicted octanol–water partition coefficient (Wildman–Crippen LogP) is 2.92. The van der Waals surface area contributed by atoms with E-state index >= 15 is 0 Å². The summed E-state index contributed by atoms with van der Waals surface area (Å²) in [5.74, 6) is -8.23. The number of methoxy groups -OCH3 is 1. The molecule has 0 unspecified atom stereocenters. The van der Waals surface area contributed by atoms with Crippen LogP contribution in [0.5, 0.6) is 0 Å². The molecule has 0 amide bonds. The second-order valence-corrected chi connectivity index (χ2v) is 3.30. The third-order valence-corrected chi connectivity index (χ3v) is 2.44. The summed E-state index contributed by atoms with van der Waals surface area (Å²) in [6, 6.07) is 0. The van der Waals surface area contributed by atoms with Crippen LogP contribution >= 0.6 is 15.9 Å². The van der Waals surface area contributed by atoms with Crippen LogP contribution in [0, 0.1) is 23.3 Å². The summed E-state index contributed by atoms with van der Waals surface area (Å²) < 4.78 is 56.8. The van der Waals surface area contributed by atoms with E-state index in [1.807, 2.05) is 0 Å². The summed E-state index contributed by atoms with van der Waals surface area (Å²) in [7, 11) is 0.843. The highest BCUT2D eigenvalue weighted by molar-refractivity contribution is 9.08. The second-order valence-electron chi connectivity index (χ2n) is 2.73. The van der Waals surface area contributed by atoms with Gasteiger partial charge in [0.1, 0.15) is 5.56 Å². The van der Waals surface area contributed by atoms with Crippen molar-refractivity contribution in [1.82, 2.24) is 0 Å². The van der Waals surface area contributed by atoms with Crippen molar-refractivity contribution >= 4 is 21.9 Å². The quantitative estimate of drug-likeness (QED) is 0.363. The van der Waals surface area contributed by atoms with Gasteiger partial charge in [0, 0.05) is 10.9 Å². The van der Waals surface area contributed by atoms with Gasteiger partial charge in [0.15, 0.2) is 23.3 Å². The van der Waals surface area contributed by atoms with E-state index in [0.717, 1.165) is 7.11 Å². The van der Waals surface area contributed by atoms with Gasteiger partial charge in [0.05, 0.1) is 7.11 Å². The summed E-state index contributed by atoms with van der Waals surface area (Å²) in [6.07, 6.45) is 0. The number of rotatable bonds is 2. The lowest BCUT2D eigenvalue weighted by Crippen LogP contribution is -2.14. The van der Waals surface area contributed by atoms with Crippen molar-refractivity contribution in [1.29, 1.82) is 0 Å². The molecule has 1 rings (SSSR count). The summed E-state index contributed by atoms with van der Waals surface area (Å²) in [6.45, 7) is 0. The number of hydrogen-bond acceptors (Lipinski definition) is 2. The molecular formula is C9H5BrF4O2. The Morgan fingerprint density at radius 1 is 1.12 bits per heavy atom. The van der Waals surface area contributed by atoms with Gasteiger partial charge in [-0.1, -0.05) is 15.9 Å². The predicted molar refractivity (Wildman–Crippen MR) is 50.2 cm³/mol.